The van der Waals surface area contributed by atoms with E-state index in [0.29, 0.717) is 5.95 Å². The van der Waals surface area contributed by atoms with Crippen molar-refractivity contribution in [1.29, 1.82) is 0 Å². The van der Waals surface area contributed by atoms with Crippen LogP contribution in [0.1, 0.15) is 0 Å². The molecule has 12 rings (SSSR count). The third-order valence-corrected chi connectivity index (χ3v) is 11.4. The highest BCUT2D eigenvalue weighted by atomic mass is 16.3. The molecule has 0 amide bonds. The third-order valence-electron chi connectivity index (χ3n) is 11.4. The Morgan fingerprint density at radius 1 is 0.357 bits per heavy atom. The van der Waals surface area contributed by atoms with Crippen LogP contribution in [0.2, 0.25) is 0 Å². The average Bonchev–Trinajstić information content (AvgIpc) is 3.83. The van der Waals surface area contributed by atoms with Crippen molar-refractivity contribution in [2.45, 2.75) is 0 Å². The molecule has 9 aromatic carbocycles. The third kappa shape index (κ3) is 4.47. The Hall–Kier alpha value is -7.56. The van der Waals surface area contributed by atoms with Crippen LogP contribution in [0.25, 0.3) is 116 Å². The van der Waals surface area contributed by atoms with Gasteiger partial charge in [0.2, 0.25) is 5.95 Å². The molecule has 0 bridgehead atoms. The van der Waals surface area contributed by atoms with Crippen molar-refractivity contribution < 1.29 is 4.42 Å². The van der Waals surface area contributed by atoms with Gasteiger partial charge in [-0.05, 0) is 57.1 Å². The molecule has 0 fully saturated rings. The molecule has 0 unspecified atom stereocenters. The van der Waals surface area contributed by atoms with E-state index in [2.05, 4.69) is 174 Å². The maximum atomic E-state index is 6.31. The first kappa shape index (κ1) is 30.9. The van der Waals surface area contributed by atoms with Crippen molar-refractivity contribution in [3.05, 3.63) is 188 Å². The van der Waals surface area contributed by atoms with Crippen LogP contribution < -0.4 is 0 Å². The van der Waals surface area contributed by atoms with E-state index in [1.807, 2.05) is 18.2 Å². The first-order valence-electron chi connectivity index (χ1n) is 19.0. The predicted octanol–water partition coefficient (Wildman–Crippen LogP) is 13.9. The molecule has 4 heteroatoms. The van der Waals surface area contributed by atoms with E-state index in [-0.39, 0.29) is 0 Å². The molecule has 56 heavy (non-hydrogen) atoms. The Kier molecular flexibility index (Phi) is 6.60. The standard InChI is InChI=1S/C52H31N3O/c1-2-15-32(16-3-1)49-41-23-8-10-28-44(41)53-52(54-49)55-50-36(26-13-27-43(50)48-39-21-6-4-19-37(39)38-20-5-7-22-40(38)51(48)55)34-18-12-17-33(31-34)35-25-14-30-46-47(35)42-24-9-11-29-45(42)56-46/h1-31H. The lowest BCUT2D eigenvalue weighted by molar-refractivity contribution is 0.669. The van der Waals surface area contributed by atoms with Gasteiger partial charge < -0.3 is 4.42 Å². The Morgan fingerprint density at radius 3 is 1.77 bits per heavy atom. The molecule has 0 aliphatic heterocycles. The lowest BCUT2D eigenvalue weighted by Gasteiger charge is -2.15. The van der Waals surface area contributed by atoms with Gasteiger partial charge in [0, 0.05) is 43.4 Å². The Morgan fingerprint density at radius 2 is 0.929 bits per heavy atom. The lowest BCUT2D eigenvalue weighted by atomic mass is 9.94. The minimum atomic E-state index is 0.640. The van der Waals surface area contributed by atoms with Gasteiger partial charge in [-0.3, -0.25) is 4.57 Å². The molecule has 0 aliphatic rings. The summed E-state index contributed by atoms with van der Waals surface area (Å²) in [4.78, 5) is 10.9. The van der Waals surface area contributed by atoms with Crippen LogP contribution >= 0.6 is 0 Å². The zero-order valence-electron chi connectivity index (χ0n) is 30.1. The van der Waals surface area contributed by atoms with Crippen LogP contribution in [0.4, 0.5) is 0 Å². The smallest absolute Gasteiger partial charge is 0.235 e. The molecule has 3 heterocycles. The normalized spacial score (nSPS) is 11.9. The van der Waals surface area contributed by atoms with E-state index in [0.717, 1.165) is 88.2 Å². The van der Waals surface area contributed by atoms with E-state index in [1.165, 1.54) is 21.5 Å². The Labute approximate surface area is 321 Å². The molecular formula is C52H31N3O. The molecule has 0 N–H and O–H groups in total. The van der Waals surface area contributed by atoms with Gasteiger partial charge in [-0.1, -0.05) is 164 Å². The summed E-state index contributed by atoms with van der Waals surface area (Å²) in [6.07, 6.45) is 0. The van der Waals surface area contributed by atoms with Crippen LogP contribution in [0, 0.1) is 0 Å². The van der Waals surface area contributed by atoms with Crippen LogP contribution in [0.15, 0.2) is 192 Å². The summed E-state index contributed by atoms with van der Waals surface area (Å²) in [5, 5.41) is 10.4. The SMILES string of the molecule is c1ccc(-c2nc(-n3c4c(-c5cccc(-c6cccc7oc8ccccc8c67)c5)cccc4c4c5ccccc5c5ccccc5c43)nc3ccccc23)cc1. The van der Waals surface area contributed by atoms with Crippen molar-refractivity contribution >= 4 is 76.2 Å². The summed E-state index contributed by atoms with van der Waals surface area (Å²) >= 11 is 0. The van der Waals surface area contributed by atoms with Crippen molar-refractivity contribution in [1.82, 2.24) is 14.5 Å². The molecule has 260 valence electrons. The monoisotopic (exact) mass is 713 g/mol. The second-order valence-corrected chi connectivity index (χ2v) is 14.5. The van der Waals surface area contributed by atoms with Crippen LogP contribution in [0.5, 0.6) is 0 Å². The molecule has 0 aliphatic carbocycles. The van der Waals surface area contributed by atoms with E-state index >= 15 is 0 Å². The number of fused-ring (bicyclic) bond motifs is 12. The molecule has 0 saturated heterocycles. The summed E-state index contributed by atoms with van der Waals surface area (Å²) in [7, 11) is 0. The van der Waals surface area contributed by atoms with Gasteiger partial charge in [0.05, 0.1) is 22.2 Å². The van der Waals surface area contributed by atoms with Gasteiger partial charge in [0.15, 0.2) is 0 Å². The highest BCUT2D eigenvalue weighted by molar-refractivity contribution is 6.33. The number of rotatable bonds is 4. The average molecular weight is 714 g/mol. The molecule has 4 nitrogen and oxygen atoms in total. The van der Waals surface area contributed by atoms with Gasteiger partial charge in [-0.2, -0.15) is 0 Å². The van der Waals surface area contributed by atoms with Crippen LogP contribution in [0.3, 0.4) is 0 Å². The number of hydrogen-bond acceptors (Lipinski definition) is 3. The number of furan rings is 1. The summed E-state index contributed by atoms with van der Waals surface area (Å²) < 4.78 is 8.65. The highest BCUT2D eigenvalue weighted by Crippen LogP contribution is 2.46. The molecular weight excluding hydrogens is 683 g/mol. The number of para-hydroxylation sites is 3. The highest BCUT2D eigenvalue weighted by Gasteiger charge is 2.24. The van der Waals surface area contributed by atoms with Crippen molar-refractivity contribution in [3.8, 4) is 39.5 Å². The van der Waals surface area contributed by atoms with Crippen LogP contribution in [-0.4, -0.2) is 14.5 Å². The number of nitrogens with zero attached hydrogens (tertiary/aromatic N) is 3. The summed E-state index contributed by atoms with van der Waals surface area (Å²) in [5.41, 5.74) is 11.3. The summed E-state index contributed by atoms with van der Waals surface area (Å²) in [6.45, 7) is 0. The minimum absolute atomic E-state index is 0.640. The number of aromatic nitrogens is 3. The largest absolute Gasteiger partial charge is 0.456 e. The first-order valence-corrected chi connectivity index (χ1v) is 19.0. The van der Waals surface area contributed by atoms with Crippen LogP contribution in [-0.2, 0) is 0 Å². The van der Waals surface area contributed by atoms with Gasteiger partial charge in [-0.15, -0.1) is 0 Å². The fraction of sp³-hybridized carbons (Fsp3) is 0. The van der Waals surface area contributed by atoms with E-state index < -0.39 is 0 Å². The molecule has 0 saturated carbocycles. The van der Waals surface area contributed by atoms with Gasteiger partial charge >= 0.3 is 0 Å². The predicted molar refractivity (Wildman–Crippen MR) is 232 cm³/mol. The number of benzene rings is 9. The zero-order chi connectivity index (χ0) is 36.7. The first-order chi connectivity index (χ1) is 27.8. The van der Waals surface area contributed by atoms with E-state index in [1.54, 1.807) is 0 Å². The van der Waals surface area contributed by atoms with Crippen molar-refractivity contribution in [2.75, 3.05) is 0 Å². The fourth-order valence-corrected chi connectivity index (χ4v) is 9.01. The Bertz CT molecular complexity index is 3540. The van der Waals surface area contributed by atoms with Crippen molar-refractivity contribution in [3.63, 3.8) is 0 Å². The number of hydrogen-bond donors (Lipinski definition) is 0. The topological polar surface area (TPSA) is 43.9 Å². The maximum Gasteiger partial charge on any atom is 0.235 e. The second kappa shape index (κ2) is 12.0. The fourth-order valence-electron chi connectivity index (χ4n) is 9.01. The summed E-state index contributed by atoms with van der Waals surface area (Å²) in [6, 6.07) is 66.6. The quantitative estimate of drug-likeness (QED) is 0.171. The molecule has 0 spiro atoms. The lowest BCUT2D eigenvalue weighted by Crippen LogP contribution is -2.04. The minimum Gasteiger partial charge on any atom is -0.456 e. The second-order valence-electron chi connectivity index (χ2n) is 14.5. The zero-order valence-corrected chi connectivity index (χ0v) is 30.1. The van der Waals surface area contributed by atoms with E-state index in [4.69, 9.17) is 14.4 Å². The molecule has 3 aromatic heterocycles. The molecule has 0 atom stereocenters. The Balaban J connectivity index is 1.22. The molecule has 12 aromatic rings. The maximum absolute atomic E-state index is 6.31. The van der Waals surface area contributed by atoms with Gasteiger partial charge in [0.25, 0.3) is 0 Å². The van der Waals surface area contributed by atoms with E-state index in [9.17, 15) is 0 Å². The molecule has 0 radical (unpaired) electrons. The van der Waals surface area contributed by atoms with Crippen molar-refractivity contribution in [2.24, 2.45) is 0 Å². The van der Waals surface area contributed by atoms with Gasteiger partial charge in [-0.25, -0.2) is 9.97 Å². The van der Waals surface area contributed by atoms with Gasteiger partial charge in [0.1, 0.15) is 11.2 Å². The summed E-state index contributed by atoms with van der Waals surface area (Å²) in [5.74, 6) is 0.640.